The average Bonchev–Trinajstić information content (AvgIpc) is 2.66. The number of fused-ring (bicyclic) bond motifs is 1. The summed E-state index contributed by atoms with van der Waals surface area (Å²) in [5.74, 6) is -0.210. The minimum atomic E-state index is -3.34. The van der Waals surface area contributed by atoms with E-state index in [-0.39, 0.29) is 17.4 Å². The monoisotopic (exact) mass is 439 g/mol. The maximum Gasteiger partial charge on any atom is 0.253 e. The van der Waals surface area contributed by atoms with Gasteiger partial charge in [0.2, 0.25) is 10.0 Å². The van der Waals surface area contributed by atoms with E-state index in [0.717, 1.165) is 28.3 Å². The molecule has 0 bridgehead atoms. The van der Waals surface area contributed by atoms with Gasteiger partial charge in [-0.2, -0.15) is 0 Å². The Morgan fingerprint density at radius 3 is 2.39 bits per heavy atom. The smallest absolute Gasteiger partial charge is 0.253 e. The fraction of sp³-hybridized carbons (Fsp3) is 0.333. The second-order valence-electron chi connectivity index (χ2n) is 9.03. The highest BCUT2D eigenvalue weighted by Gasteiger charge is 2.16. The molecule has 1 aromatic heterocycles. The zero-order valence-corrected chi connectivity index (χ0v) is 19.6. The van der Waals surface area contributed by atoms with E-state index < -0.39 is 10.0 Å². The summed E-state index contributed by atoms with van der Waals surface area (Å²) >= 11 is 0. The zero-order valence-electron chi connectivity index (χ0n) is 18.8. The first-order valence-corrected chi connectivity index (χ1v) is 12.0. The molecule has 0 unspecified atom stereocenters. The molecule has 2 aromatic carbocycles. The number of anilines is 1. The van der Waals surface area contributed by atoms with Gasteiger partial charge in [-0.3, -0.25) is 14.5 Å². The minimum absolute atomic E-state index is 0.0336. The Kier molecular flexibility index (Phi) is 6.09. The Bertz CT molecular complexity index is 1240. The van der Waals surface area contributed by atoms with Crippen LogP contribution in [0.15, 0.2) is 48.7 Å². The van der Waals surface area contributed by atoms with Gasteiger partial charge in [0, 0.05) is 11.6 Å². The van der Waals surface area contributed by atoms with Crippen LogP contribution < -0.4 is 10.0 Å². The molecule has 3 aromatic rings. The summed E-state index contributed by atoms with van der Waals surface area (Å²) in [5.41, 5.74) is 4.78. The van der Waals surface area contributed by atoms with Crippen molar-refractivity contribution < 1.29 is 13.2 Å². The molecule has 1 amide bonds. The molecule has 31 heavy (non-hydrogen) atoms. The van der Waals surface area contributed by atoms with Gasteiger partial charge in [-0.05, 0) is 54.2 Å². The quantitative estimate of drug-likeness (QED) is 0.603. The van der Waals surface area contributed by atoms with Crippen LogP contribution in [-0.2, 0) is 15.4 Å². The number of carbonyl (C=O) groups excluding carboxylic acids is 1. The van der Waals surface area contributed by atoms with E-state index in [1.54, 1.807) is 18.3 Å². The van der Waals surface area contributed by atoms with Crippen molar-refractivity contribution in [2.24, 2.45) is 0 Å². The second kappa shape index (κ2) is 8.30. The lowest BCUT2D eigenvalue weighted by molar-refractivity contribution is 0.0939. The minimum Gasteiger partial charge on any atom is -0.345 e. The number of hydrogen-bond acceptors (Lipinski definition) is 4. The fourth-order valence-corrected chi connectivity index (χ4v) is 3.97. The normalized spacial score (nSPS) is 13.1. The summed E-state index contributed by atoms with van der Waals surface area (Å²) in [7, 11) is -3.34. The second-order valence-corrected chi connectivity index (χ2v) is 10.8. The highest BCUT2D eigenvalue weighted by atomic mass is 32.2. The number of pyridine rings is 1. The molecule has 0 saturated heterocycles. The van der Waals surface area contributed by atoms with Gasteiger partial charge in [0.25, 0.3) is 5.91 Å². The summed E-state index contributed by atoms with van der Waals surface area (Å²) < 4.78 is 25.4. The molecule has 0 aliphatic heterocycles. The van der Waals surface area contributed by atoms with Crippen LogP contribution in [0.3, 0.4) is 0 Å². The molecule has 1 heterocycles. The molecule has 0 spiro atoms. The van der Waals surface area contributed by atoms with Gasteiger partial charge < -0.3 is 5.32 Å². The van der Waals surface area contributed by atoms with Gasteiger partial charge in [-0.1, -0.05) is 45.0 Å². The molecule has 6 nitrogen and oxygen atoms in total. The lowest BCUT2D eigenvalue weighted by atomic mass is 9.86. The first-order chi connectivity index (χ1) is 14.3. The molecule has 2 N–H and O–H groups in total. The molecule has 164 valence electrons. The number of rotatable bonds is 5. The van der Waals surface area contributed by atoms with Crippen molar-refractivity contribution in [3.63, 3.8) is 0 Å². The molecule has 0 fully saturated rings. The van der Waals surface area contributed by atoms with Crippen LogP contribution >= 0.6 is 0 Å². The van der Waals surface area contributed by atoms with Crippen molar-refractivity contribution in [3.05, 3.63) is 70.9 Å². The van der Waals surface area contributed by atoms with Gasteiger partial charge >= 0.3 is 0 Å². The number of hydrogen-bond donors (Lipinski definition) is 2. The Balaban J connectivity index is 1.77. The number of sulfonamides is 1. The first kappa shape index (κ1) is 22.7. The Morgan fingerprint density at radius 1 is 1.06 bits per heavy atom. The number of amides is 1. The molecular formula is C24H29N3O3S. The number of nitrogens with one attached hydrogen (secondary N) is 2. The molecule has 0 saturated carbocycles. The average molecular weight is 440 g/mol. The molecule has 0 aliphatic rings. The first-order valence-electron chi connectivity index (χ1n) is 10.1. The maximum absolute atomic E-state index is 12.8. The predicted octanol–water partition coefficient (Wildman–Crippen LogP) is 4.70. The van der Waals surface area contributed by atoms with Crippen LogP contribution in [-0.4, -0.2) is 25.6 Å². The number of benzene rings is 2. The Morgan fingerprint density at radius 2 is 1.77 bits per heavy atom. The topological polar surface area (TPSA) is 88.2 Å². The maximum atomic E-state index is 12.8. The number of carbonyl (C=O) groups is 1. The third-order valence-electron chi connectivity index (χ3n) is 5.21. The molecule has 0 aliphatic carbocycles. The van der Waals surface area contributed by atoms with Crippen LogP contribution in [0.1, 0.15) is 60.8 Å². The summed E-state index contributed by atoms with van der Waals surface area (Å²) in [6, 6.07) is 13.1. The van der Waals surface area contributed by atoms with Crippen LogP contribution in [0, 0.1) is 6.92 Å². The molecule has 0 radical (unpaired) electrons. The molecular weight excluding hydrogens is 410 g/mol. The van der Waals surface area contributed by atoms with Gasteiger partial charge in [-0.25, -0.2) is 8.42 Å². The third-order valence-corrected chi connectivity index (χ3v) is 5.80. The van der Waals surface area contributed by atoms with E-state index >= 15 is 0 Å². The van der Waals surface area contributed by atoms with Crippen LogP contribution in [0.2, 0.25) is 0 Å². The third kappa shape index (κ3) is 5.61. The largest absolute Gasteiger partial charge is 0.345 e. The van der Waals surface area contributed by atoms with Crippen molar-refractivity contribution in [3.8, 4) is 0 Å². The van der Waals surface area contributed by atoms with E-state index in [9.17, 15) is 13.2 Å². The van der Waals surface area contributed by atoms with Crippen molar-refractivity contribution in [1.82, 2.24) is 10.3 Å². The van der Waals surface area contributed by atoms with Crippen LogP contribution in [0.4, 0.5) is 5.69 Å². The van der Waals surface area contributed by atoms with E-state index in [2.05, 4.69) is 47.9 Å². The number of aryl methyl sites for hydroxylation is 1. The van der Waals surface area contributed by atoms with Crippen molar-refractivity contribution >= 4 is 32.5 Å². The van der Waals surface area contributed by atoms with Crippen LogP contribution in [0.5, 0.6) is 0 Å². The van der Waals surface area contributed by atoms with Gasteiger partial charge in [0.1, 0.15) is 0 Å². The summed E-state index contributed by atoms with van der Waals surface area (Å²) in [6.07, 6.45) is 2.71. The Labute approximate surface area is 184 Å². The zero-order chi connectivity index (χ0) is 23.0. The van der Waals surface area contributed by atoms with Gasteiger partial charge in [0.05, 0.1) is 29.1 Å². The highest BCUT2D eigenvalue weighted by Crippen LogP contribution is 2.26. The SMILES string of the molecule is Cc1cc([C@@H](C)NC(=O)c2cnc3cc(C(C)(C)C)ccc3c2)ccc1NS(C)(=O)=O. The molecule has 3 rings (SSSR count). The van der Waals surface area contributed by atoms with E-state index in [1.807, 2.05) is 32.0 Å². The molecule has 1 atom stereocenters. The summed E-state index contributed by atoms with van der Waals surface area (Å²) in [5, 5.41) is 3.91. The van der Waals surface area contributed by atoms with Gasteiger partial charge in [0.15, 0.2) is 0 Å². The highest BCUT2D eigenvalue weighted by molar-refractivity contribution is 7.92. The lowest BCUT2D eigenvalue weighted by Gasteiger charge is -2.19. The molecule has 7 heteroatoms. The van der Waals surface area contributed by atoms with Crippen molar-refractivity contribution in [1.29, 1.82) is 0 Å². The standard InChI is InChI=1S/C24H29N3O3S/c1-15-11-17(8-10-21(15)27-31(6,29)30)16(2)26-23(28)19-12-18-7-9-20(24(3,4)5)13-22(18)25-14-19/h7-14,16,27H,1-6H3,(H,26,28)/t16-/m1/s1. The van der Waals surface area contributed by atoms with Crippen molar-refractivity contribution in [2.45, 2.75) is 46.1 Å². The summed E-state index contributed by atoms with van der Waals surface area (Å²) in [6.45, 7) is 10.2. The fourth-order valence-electron chi connectivity index (χ4n) is 3.35. The van der Waals surface area contributed by atoms with Crippen LogP contribution in [0.25, 0.3) is 10.9 Å². The van der Waals surface area contributed by atoms with E-state index in [0.29, 0.717) is 11.3 Å². The Hall–Kier alpha value is -2.93. The van der Waals surface area contributed by atoms with E-state index in [4.69, 9.17) is 0 Å². The van der Waals surface area contributed by atoms with Gasteiger partial charge in [-0.15, -0.1) is 0 Å². The van der Waals surface area contributed by atoms with Crippen molar-refractivity contribution in [2.75, 3.05) is 11.0 Å². The number of aromatic nitrogens is 1. The summed E-state index contributed by atoms with van der Waals surface area (Å²) in [4.78, 5) is 17.3. The lowest BCUT2D eigenvalue weighted by Crippen LogP contribution is -2.26. The van der Waals surface area contributed by atoms with E-state index in [1.165, 1.54) is 5.56 Å². The number of nitrogens with zero attached hydrogens (tertiary/aromatic N) is 1. The predicted molar refractivity (Wildman–Crippen MR) is 126 cm³/mol.